The number of pyridine rings is 1. The van der Waals surface area contributed by atoms with E-state index in [9.17, 15) is 5.11 Å². The van der Waals surface area contributed by atoms with Crippen LogP contribution < -0.4 is 4.74 Å². The van der Waals surface area contributed by atoms with Crippen LogP contribution >= 0.6 is 0 Å². The fraction of sp³-hybridized carbons (Fsp3) is 0.312. The second-order valence-electron chi connectivity index (χ2n) is 9.85. The van der Waals surface area contributed by atoms with Gasteiger partial charge in [-0.1, -0.05) is 71.9 Å². The lowest BCUT2D eigenvalue weighted by atomic mass is 9.71. The summed E-state index contributed by atoms with van der Waals surface area (Å²) in [5.74, 6) is 0.0981. The summed E-state index contributed by atoms with van der Waals surface area (Å²) in [6, 6.07) is 28.2. The number of aromatic nitrogens is 1. The number of oxime groups is 1. The number of aliphatic hydroxyl groups is 1. The Kier molecular flexibility index (Phi) is 9.10. The molecule has 4 aromatic rings. The maximum absolute atomic E-state index is 12.7. The van der Waals surface area contributed by atoms with E-state index in [1.54, 1.807) is 13.3 Å². The highest BCUT2D eigenvalue weighted by atomic mass is 16.6. The zero-order valence-corrected chi connectivity index (χ0v) is 22.7. The Morgan fingerprint density at radius 2 is 1.66 bits per heavy atom. The van der Waals surface area contributed by atoms with Crippen molar-refractivity contribution in [1.29, 1.82) is 0 Å². The van der Waals surface area contributed by atoms with Crippen molar-refractivity contribution < 1.29 is 14.7 Å². The Morgan fingerprint density at radius 3 is 2.32 bits per heavy atom. The highest BCUT2D eigenvalue weighted by Crippen LogP contribution is 2.48. The van der Waals surface area contributed by atoms with Crippen LogP contribution in [0.5, 0.6) is 5.88 Å². The average Bonchev–Trinajstić information content (AvgIpc) is 2.95. The maximum atomic E-state index is 12.7. The van der Waals surface area contributed by atoms with Gasteiger partial charge in [0.15, 0.2) is 0 Å². The van der Waals surface area contributed by atoms with Crippen molar-refractivity contribution in [2.24, 2.45) is 5.16 Å². The van der Waals surface area contributed by atoms with Crippen LogP contribution in [0, 0.1) is 0 Å². The standard InChI is InChI=1S/C32H37N3O3/c1-35(2)20-12-11-19-32(36,27-15-9-6-10-16-27)30(25-13-7-5-8-14-25)28-22-26-21-24(23-33-38-4)17-18-29(26)34-31(28)37-3/h5-10,13-18,21-23,30,36H,11-12,19-20H2,1-4H3. The van der Waals surface area contributed by atoms with Crippen molar-refractivity contribution in [2.75, 3.05) is 34.9 Å². The van der Waals surface area contributed by atoms with E-state index in [0.29, 0.717) is 12.3 Å². The number of benzene rings is 3. The predicted octanol–water partition coefficient (Wildman–Crippen LogP) is 5.98. The average molecular weight is 512 g/mol. The number of hydrogen-bond donors (Lipinski definition) is 1. The Morgan fingerprint density at radius 1 is 0.947 bits per heavy atom. The van der Waals surface area contributed by atoms with Crippen molar-refractivity contribution in [3.63, 3.8) is 0 Å². The summed E-state index contributed by atoms with van der Waals surface area (Å²) in [7, 11) is 7.31. The van der Waals surface area contributed by atoms with E-state index in [1.165, 1.54) is 7.11 Å². The largest absolute Gasteiger partial charge is 0.481 e. The van der Waals surface area contributed by atoms with Crippen LogP contribution in [0.1, 0.15) is 47.4 Å². The van der Waals surface area contributed by atoms with Crippen LogP contribution in [0.3, 0.4) is 0 Å². The second-order valence-corrected chi connectivity index (χ2v) is 9.85. The Labute approximate surface area is 225 Å². The molecular weight excluding hydrogens is 474 g/mol. The second kappa shape index (κ2) is 12.7. The van der Waals surface area contributed by atoms with Gasteiger partial charge < -0.3 is 19.6 Å². The Hall–Kier alpha value is -3.74. The minimum absolute atomic E-state index is 0.409. The molecular formula is C32H37N3O3. The van der Waals surface area contributed by atoms with Gasteiger partial charge in [-0.2, -0.15) is 0 Å². The number of unbranched alkanes of at least 4 members (excludes halogenated alkanes) is 1. The van der Waals surface area contributed by atoms with Gasteiger partial charge in [0.05, 0.1) is 18.8 Å². The van der Waals surface area contributed by atoms with E-state index in [0.717, 1.165) is 52.5 Å². The first-order valence-electron chi connectivity index (χ1n) is 13.0. The van der Waals surface area contributed by atoms with Crippen molar-refractivity contribution in [3.05, 3.63) is 107 Å². The zero-order valence-electron chi connectivity index (χ0n) is 22.7. The molecule has 0 radical (unpaired) electrons. The van der Waals surface area contributed by atoms with E-state index in [2.05, 4.69) is 42.4 Å². The van der Waals surface area contributed by atoms with E-state index in [-0.39, 0.29) is 0 Å². The first-order valence-corrected chi connectivity index (χ1v) is 13.0. The van der Waals surface area contributed by atoms with Gasteiger partial charge in [-0.25, -0.2) is 4.98 Å². The van der Waals surface area contributed by atoms with Gasteiger partial charge in [0, 0.05) is 16.9 Å². The molecule has 6 nitrogen and oxygen atoms in total. The summed E-state index contributed by atoms with van der Waals surface area (Å²) in [6.45, 7) is 0.966. The van der Waals surface area contributed by atoms with Gasteiger partial charge in [0.1, 0.15) is 12.7 Å². The van der Waals surface area contributed by atoms with E-state index in [1.807, 2.05) is 66.7 Å². The summed E-state index contributed by atoms with van der Waals surface area (Å²) in [5, 5.41) is 17.6. The van der Waals surface area contributed by atoms with Crippen LogP contribution in [-0.4, -0.2) is 56.1 Å². The molecule has 2 unspecified atom stereocenters. The molecule has 2 atom stereocenters. The molecule has 38 heavy (non-hydrogen) atoms. The molecule has 0 fully saturated rings. The summed E-state index contributed by atoms with van der Waals surface area (Å²) in [4.78, 5) is 11.9. The molecule has 0 aliphatic rings. The summed E-state index contributed by atoms with van der Waals surface area (Å²) in [5.41, 5.74) is 3.24. The lowest BCUT2D eigenvalue weighted by Crippen LogP contribution is -2.35. The number of hydrogen-bond acceptors (Lipinski definition) is 6. The van der Waals surface area contributed by atoms with Gasteiger partial charge in [-0.3, -0.25) is 0 Å². The highest BCUT2D eigenvalue weighted by Gasteiger charge is 2.42. The van der Waals surface area contributed by atoms with Crippen LogP contribution in [-0.2, 0) is 10.4 Å². The molecule has 0 spiro atoms. The van der Waals surface area contributed by atoms with Gasteiger partial charge >= 0.3 is 0 Å². The number of rotatable bonds is 12. The topological polar surface area (TPSA) is 67.2 Å². The third-order valence-corrected chi connectivity index (χ3v) is 6.94. The summed E-state index contributed by atoms with van der Waals surface area (Å²) in [6.07, 6.45) is 4.11. The maximum Gasteiger partial charge on any atom is 0.217 e. The quantitative estimate of drug-likeness (QED) is 0.144. The number of ether oxygens (including phenoxy) is 1. The minimum Gasteiger partial charge on any atom is -0.481 e. The van der Waals surface area contributed by atoms with E-state index < -0.39 is 11.5 Å². The first-order chi connectivity index (χ1) is 18.5. The zero-order chi connectivity index (χ0) is 27.0. The third kappa shape index (κ3) is 6.21. The lowest BCUT2D eigenvalue weighted by Gasteiger charge is -2.38. The molecule has 1 N–H and O–H groups in total. The van der Waals surface area contributed by atoms with Crippen LogP contribution in [0.25, 0.3) is 10.9 Å². The van der Waals surface area contributed by atoms with Gasteiger partial charge in [0.2, 0.25) is 5.88 Å². The van der Waals surface area contributed by atoms with Crippen molar-refractivity contribution in [1.82, 2.24) is 9.88 Å². The van der Waals surface area contributed by atoms with Crippen LogP contribution in [0.15, 0.2) is 90.1 Å². The predicted molar refractivity (Wildman–Crippen MR) is 154 cm³/mol. The van der Waals surface area contributed by atoms with E-state index in [4.69, 9.17) is 14.6 Å². The fourth-order valence-electron chi connectivity index (χ4n) is 5.12. The molecule has 0 aliphatic heterocycles. The monoisotopic (exact) mass is 511 g/mol. The number of nitrogens with zero attached hydrogens (tertiary/aromatic N) is 3. The normalized spacial score (nSPS) is 14.1. The molecule has 4 rings (SSSR count). The van der Waals surface area contributed by atoms with Crippen molar-refractivity contribution in [2.45, 2.75) is 30.8 Å². The molecule has 198 valence electrons. The molecule has 0 bridgehead atoms. The molecule has 3 aromatic carbocycles. The number of methoxy groups -OCH3 is 1. The smallest absolute Gasteiger partial charge is 0.217 e. The Balaban J connectivity index is 1.92. The molecule has 0 saturated carbocycles. The summed E-state index contributed by atoms with van der Waals surface area (Å²) >= 11 is 0. The van der Waals surface area contributed by atoms with E-state index >= 15 is 0 Å². The SMILES string of the molecule is CON=Cc1ccc2nc(OC)c(C(c3ccccc3)C(O)(CCCCN(C)C)c3ccccc3)cc2c1. The molecule has 1 aromatic heterocycles. The minimum atomic E-state index is -1.19. The summed E-state index contributed by atoms with van der Waals surface area (Å²) < 4.78 is 5.86. The molecule has 0 amide bonds. The fourth-order valence-corrected chi connectivity index (χ4v) is 5.12. The third-order valence-electron chi connectivity index (χ3n) is 6.94. The van der Waals surface area contributed by atoms with Gasteiger partial charge in [0.25, 0.3) is 0 Å². The number of fused-ring (bicyclic) bond motifs is 1. The first kappa shape index (κ1) is 27.3. The Bertz CT molecular complexity index is 1340. The molecule has 6 heteroatoms. The highest BCUT2D eigenvalue weighted by molar-refractivity contribution is 5.89. The van der Waals surface area contributed by atoms with Gasteiger partial charge in [-0.15, -0.1) is 0 Å². The van der Waals surface area contributed by atoms with Crippen molar-refractivity contribution >= 4 is 17.1 Å². The molecule has 1 heterocycles. The molecule has 0 saturated heterocycles. The van der Waals surface area contributed by atoms with Crippen LogP contribution in [0.4, 0.5) is 0 Å². The van der Waals surface area contributed by atoms with Gasteiger partial charge in [-0.05, 0) is 74.8 Å². The van der Waals surface area contributed by atoms with Crippen molar-refractivity contribution in [3.8, 4) is 5.88 Å². The van der Waals surface area contributed by atoms with Crippen LogP contribution in [0.2, 0.25) is 0 Å². The lowest BCUT2D eigenvalue weighted by molar-refractivity contribution is 0.00678. The molecule has 0 aliphatic carbocycles.